The third-order valence-corrected chi connectivity index (χ3v) is 3.72. The molecule has 0 unspecified atom stereocenters. The van der Waals surface area contributed by atoms with Gasteiger partial charge in [0.2, 0.25) is 0 Å². The summed E-state index contributed by atoms with van der Waals surface area (Å²) in [7, 11) is 0. The van der Waals surface area contributed by atoms with Gasteiger partial charge in [0.05, 0.1) is 17.9 Å². The molecule has 1 aliphatic carbocycles. The van der Waals surface area contributed by atoms with E-state index in [1.807, 2.05) is 12.1 Å². The van der Waals surface area contributed by atoms with Crippen LogP contribution in [0.25, 0.3) is 0 Å². The number of hydrogen-bond donors (Lipinski definition) is 2. The van der Waals surface area contributed by atoms with Crippen LogP contribution in [0.15, 0.2) is 9.52 Å². The van der Waals surface area contributed by atoms with Crippen LogP contribution in [0.1, 0.15) is 40.3 Å². The van der Waals surface area contributed by atoms with Gasteiger partial charge in [-0.05, 0) is 32.0 Å². The van der Waals surface area contributed by atoms with Gasteiger partial charge in [-0.3, -0.25) is 10.2 Å². The van der Waals surface area contributed by atoms with Gasteiger partial charge in [-0.2, -0.15) is 15.6 Å². The Balaban J connectivity index is 2.40. The molecular formula is C15H16N6O2S. The summed E-state index contributed by atoms with van der Waals surface area (Å²) in [4.78, 5) is 13.7. The molecule has 8 nitrogen and oxygen atoms in total. The highest BCUT2D eigenvalue weighted by Gasteiger charge is 2.30. The van der Waals surface area contributed by atoms with Crippen LogP contribution in [0.3, 0.4) is 0 Å². The van der Waals surface area contributed by atoms with E-state index in [1.54, 1.807) is 6.92 Å². The number of thiocarbonyl (C=S) groups is 1. The number of hydrogen-bond acceptors (Lipinski definition) is 6. The minimum Gasteiger partial charge on any atom is -0.455 e. The van der Waals surface area contributed by atoms with E-state index in [0.717, 1.165) is 22.6 Å². The van der Waals surface area contributed by atoms with E-state index in [0.29, 0.717) is 24.2 Å². The lowest BCUT2D eigenvalue weighted by Crippen LogP contribution is -2.32. The Morgan fingerprint density at radius 1 is 1.42 bits per heavy atom. The molecule has 0 saturated heterocycles. The Labute approximate surface area is 144 Å². The highest BCUT2D eigenvalue weighted by Crippen LogP contribution is 2.30. The summed E-state index contributed by atoms with van der Waals surface area (Å²) in [6.07, 6.45) is 2.22. The fourth-order valence-corrected chi connectivity index (χ4v) is 2.67. The van der Waals surface area contributed by atoms with Crippen molar-refractivity contribution in [3.05, 3.63) is 22.6 Å². The first-order valence-corrected chi connectivity index (χ1v) is 7.68. The van der Waals surface area contributed by atoms with Crippen LogP contribution in [-0.2, 0) is 6.42 Å². The van der Waals surface area contributed by atoms with Crippen molar-refractivity contribution in [3.63, 3.8) is 0 Å². The highest BCUT2D eigenvalue weighted by atomic mass is 32.1. The topological polar surface area (TPSA) is 131 Å². The number of fused-ring (bicyclic) bond motifs is 1. The summed E-state index contributed by atoms with van der Waals surface area (Å²) in [6.45, 7) is 1.40. The molecule has 0 aromatic carbocycles. The third-order valence-electron chi connectivity index (χ3n) is 3.63. The summed E-state index contributed by atoms with van der Waals surface area (Å²) in [6, 6.07) is 3.75. The van der Waals surface area contributed by atoms with Crippen LogP contribution < -0.4 is 11.2 Å². The van der Waals surface area contributed by atoms with Gasteiger partial charge in [-0.1, -0.05) is 0 Å². The molecule has 0 saturated carbocycles. The Kier molecular flexibility index (Phi) is 5.51. The number of carbonyl (C=O) groups is 1. The number of hydrazone groups is 1. The normalized spacial score (nSPS) is 14.4. The quantitative estimate of drug-likeness (QED) is 0.472. The fourth-order valence-electron chi connectivity index (χ4n) is 2.62. The second kappa shape index (κ2) is 7.57. The zero-order valence-electron chi connectivity index (χ0n) is 13.1. The zero-order valence-corrected chi connectivity index (χ0v) is 13.9. The second-order valence-electron chi connectivity index (χ2n) is 5.22. The minimum absolute atomic E-state index is 0.0567. The van der Waals surface area contributed by atoms with Gasteiger partial charge in [0, 0.05) is 17.5 Å². The van der Waals surface area contributed by atoms with Crippen molar-refractivity contribution in [2.45, 2.75) is 26.2 Å². The SMILES string of the molecule is Cc1c(C(=O)N(CC#N)CC#N)oc2c1/C(=N/NC(N)=S)CCC2. The maximum Gasteiger partial charge on any atom is 0.291 e. The van der Waals surface area contributed by atoms with Crippen molar-refractivity contribution in [1.82, 2.24) is 10.3 Å². The second-order valence-corrected chi connectivity index (χ2v) is 5.66. The summed E-state index contributed by atoms with van der Waals surface area (Å²) in [5.74, 6) is 0.321. The maximum absolute atomic E-state index is 12.6. The molecule has 0 radical (unpaired) electrons. The lowest BCUT2D eigenvalue weighted by atomic mass is 9.93. The number of aryl methyl sites for hydroxylation is 1. The monoisotopic (exact) mass is 344 g/mol. The van der Waals surface area contributed by atoms with E-state index < -0.39 is 5.91 Å². The van der Waals surface area contributed by atoms with E-state index in [9.17, 15) is 4.79 Å². The predicted molar refractivity (Wildman–Crippen MR) is 90.0 cm³/mol. The highest BCUT2D eigenvalue weighted by molar-refractivity contribution is 7.80. The predicted octanol–water partition coefficient (Wildman–Crippen LogP) is 0.951. The van der Waals surface area contributed by atoms with Crippen LogP contribution in [0.2, 0.25) is 0 Å². The molecule has 1 heterocycles. The van der Waals surface area contributed by atoms with Crippen molar-refractivity contribution < 1.29 is 9.21 Å². The molecule has 0 atom stereocenters. The summed E-state index contributed by atoms with van der Waals surface area (Å²) >= 11 is 4.75. The molecule has 124 valence electrons. The van der Waals surface area contributed by atoms with Crippen molar-refractivity contribution in [3.8, 4) is 12.1 Å². The van der Waals surface area contributed by atoms with Crippen LogP contribution in [0, 0.1) is 29.6 Å². The molecule has 24 heavy (non-hydrogen) atoms. The zero-order chi connectivity index (χ0) is 17.7. The van der Waals surface area contributed by atoms with E-state index >= 15 is 0 Å². The Bertz CT molecular complexity index is 767. The molecule has 0 aliphatic heterocycles. The smallest absolute Gasteiger partial charge is 0.291 e. The summed E-state index contributed by atoms with van der Waals surface area (Å²) in [5.41, 5.74) is 10.1. The first-order valence-electron chi connectivity index (χ1n) is 7.27. The van der Waals surface area contributed by atoms with Crippen molar-refractivity contribution in [1.29, 1.82) is 10.5 Å². The van der Waals surface area contributed by atoms with Crippen molar-refractivity contribution in [2.75, 3.05) is 13.1 Å². The Hall–Kier alpha value is -2.91. The van der Waals surface area contributed by atoms with E-state index in [-0.39, 0.29) is 24.0 Å². The van der Waals surface area contributed by atoms with Crippen LogP contribution >= 0.6 is 12.2 Å². The van der Waals surface area contributed by atoms with Gasteiger partial charge in [-0.15, -0.1) is 0 Å². The van der Waals surface area contributed by atoms with E-state index in [2.05, 4.69) is 10.5 Å². The number of furan rings is 1. The van der Waals surface area contributed by atoms with Gasteiger partial charge in [0.25, 0.3) is 5.91 Å². The minimum atomic E-state index is -0.480. The average Bonchev–Trinajstić information content (AvgIpc) is 2.89. The summed E-state index contributed by atoms with van der Waals surface area (Å²) in [5, 5.41) is 21.9. The first-order chi connectivity index (χ1) is 11.5. The molecule has 2 rings (SSSR count). The molecule has 1 amide bonds. The molecule has 1 aliphatic rings. The van der Waals surface area contributed by atoms with Gasteiger partial charge in [0.15, 0.2) is 10.9 Å². The number of rotatable bonds is 4. The number of nitrogens with one attached hydrogen (secondary N) is 1. The molecule has 3 N–H and O–H groups in total. The number of nitriles is 2. The van der Waals surface area contributed by atoms with Gasteiger partial charge in [0.1, 0.15) is 18.8 Å². The van der Waals surface area contributed by atoms with Gasteiger partial charge in [-0.25, -0.2) is 0 Å². The van der Waals surface area contributed by atoms with Crippen molar-refractivity contribution >= 4 is 28.9 Å². The van der Waals surface area contributed by atoms with Gasteiger partial charge < -0.3 is 15.1 Å². The number of amides is 1. The molecule has 0 spiro atoms. The molecule has 0 bridgehead atoms. The Morgan fingerprint density at radius 2 is 2.08 bits per heavy atom. The molecule has 9 heteroatoms. The third kappa shape index (κ3) is 3.53. The van der Waals surface area contributed by atoms with Crippen LogP contribution in [-0.4, -0.2) is 34.7 Å². The van der Waals surface area contributed by atoms with E-state index in [4.69, 9.17) is 32.9 Å². The maximum atomic E-state index is 12.6. The lowest BCUT2D eigenvalue weighted by molar-refractivity contribution is 0.0760. The van der Waals surface area contributed by atoms with Crippen LogP contribution in [0.5, 0.6) is 0 Å². The largest absolute Gasteiger partial charge is 0.455 e. The standard InChI is InChI=1S/C15H16N6O2S/c1-9-12-10(19-20-15(18)24)3-2-4-11(12)23-13(9)14(22)21(7-5-16)8-6-17/h2-4,7-8H2,1H3,(H3,18,20,24)/b19-10+. The number of carbonyl (C=O) groups excluding carboxylic acids is 1. The molecular weight excluding hydrogens is 328 g/mol. The van der Waals surface area contributed by atoms with Crippen molar-refractivity contribution in [2.24, 2.45) is 10.8 Å². The Morgan fingerprint density at radius 3 is 2.67 bits per heavy atom. The molecule has 1 aromatic rings. The summed E-state index contributed by atoms with van der Waals surface area (Å²) < 4.78 is 5.73. The number of nitrogens with zero attached hydrogens (tertiary/aromatic N) is 4. The molecule has 0 fully saturated rings. The van der Waals surface area contributed by atoms with E-state index in [1.165, 1.54) is 0 Å². The molecule has 1 aromatic heterocycles. The fraction of sp³-hybridized carbons (Fsp3) is 0.400. The van der Waals surface area contributed by atoms with Gasteiger partial charge >= 0.3 is 0 Å². The number of nitrogens with two attached hydrogens (primary N) is 1. The van der Waals surface area contributed by atoms with Crippen LogP contribution in [0.4, 0.5) is 0 Å². The lowest BCUT2D eigenvalue weighted by Gasteiger charge is -2.14. The average molecular weight is 344 g/mol. The first kappa shape index (κ1) is 17.4.